The van der Waals surface area contributed by atoms with Gasteiger partial charge in [-0.1, -0.05) is 30.3 Å². The fourth-order valence-corrected chi connectivity index (χ4v) is 4.10. The number of halogens is 3. The molecule has 4 rings (SSSR count). The lowest BCUT2D eigenvalue weighted by molar-refractivity contribution is -0.138. The molecule has 2 aliphatic rings. The van der Waals surface area contributed by atoms with Crippen LogP contribution in [0, 0.1) is 0 Å². The zero-order valence-electron chi connectivity index (χ0n) is 13.5. The van der Waals surface area contributed by atoms with Crippen molar-refractivity contribution in [1.82, 2.24) is 4.90 Å². The van der Waals surface area contributed by atoms with Gasteiger partial charge in [-0.15, -0.1) is 0 Å². The van der Waals surface area contributed by atoms with E-state index in [0.29, 0.717) is 12.1 Å². The molecule has 1 nitrogen and oxygen atoms in total. The summed E-state index contributed by atoms with van der Waals surface area (Å²) in [7, 11) is 0. The first-order valence-electron chi connectivity index (χ1n) is 8.52. The van der Waals surface area contributed by atoms with Gasteiger partial charge < -0.3 is 0 Å². The topological polar surface area (TPSA) is 3.24 Å². The standard InChI is InChI=1S/C20H20F3N/c21-20(22,23)19-9-8-15-6-3-7-17(15)18(19)13-24-11-10-14-4-1-2-5-16(14)12-24/h1-2,4-5,8-9H,3,6-7,10-13H2. The maximum atomic E-state index is 13.5. The monoisotopic (exact) mass is 331 g/mol. The van der Waals surface area contributed by atoms with Crippen LogP contribution < -0.4 is 0 Å². The molecule has 2 aromatic carbocycles. The Balaban J connectivity index is 1.66. The normalized spacial score (nSPS) is 17.6. The molecule has 0 amide bonds. The molecule has 0 bridgehead atoms. The summed E-state index contributed by atoms with van der Waals surface area (Å²) in [6.45, 7) is 1.95. The number of hydrogen-bond donors (Lipinski definition) is 0. The predicted octanol–water partition coefficient (Wildman–Crippen LogP) is 4.75. The minimum atomic E-state index is -4.28. The van der Waals surface area contributed by atoms with Gasteiger partial charge in [0.1, 0.15) is 0 Å². The number of alkyl halides is 3. The molecule has 0 spiro atoms. The highest BCUT2D eigenvalue weighted by Gasteiger charge is 2.36. The molecule has 1 aliphatic carbocycles. The lowest BCUT2D eigenvalue weighted by Crippen LogP contribution is -2.31. The largest absolute Gasteiger partial charge is 0.416 e. The van der Waals surface area contributed by atoms with Crippen molar-refractivity contribution in [2.45, 2.75) is 44.9 Å². The van der Waals surface area contributed by atoms with Crippen LogP contribution >= 0.6 is 0 Å². The van der Waals surface area contributed by atoms with E-state index in [1.54, 1.807) is 6.07 Å². The number of rotatable bonds is 2. The summed E-state index contributed by atoms with van der Waals surface area (Å²) in [4.78, 5) is 2.16. The summed E-state index contributed by atoms with van der Waals surface area (Å²) in [5.74, 6) is 0. The Hall–Kier alpha value is -1.81. The molecule has 0 N–H and O–H groups in total. The van der Waals surface area contributed by atoms with Crippen molar-refractivity contribution in [3.8, 4) is 0 Å². The zero-order valence-corrected chi connectivity index (χ0v) is 13.5. The summed E-state index contributed by atoms with van der Waals surface area (Å²) < 4.78 is 40.5. The van der Waals surface area contributed by atoms with Gasteiger partial charge in [0.25, 0.3) is 0 Å². The average Bonchev–Trinajstić information content (AvgIpc) is 3.03. The lowest BCUT2D eigenvalue weighted by Gasteiger charge is -2.30. The molecular weight excluding hydrogens is 311 g/mol. The fraction of sp³-hybridized carbons (Fsp3) is 0.400. The highest BCUT2D eigenvalue weighted by atomic mass is 19.4. The minimum Gasteiger partial charge on any atom is -0.294 e. The summed E-state index contributed by atoms with van der Waals surface area (Å²) in [5.41, 5.74) is 4.69. The number of nitrogens with zero attached hydrogens (tertiary/aromatic N) is 1. The van der Waals surface area contributed by atoms with Crippen molar-refractivity contribution in [1.29, 1.82) is 0 Å². The van der Waals surface area contributed by atoms with Gasteiger partial charge in [-0.25, -0.2) is 0 Å². The highest BCUT2D eigenvalue weighted by molar-refractivity contribution is 5.45. The minimum absolute atomic E-state index is 0.395. The second-order valence-electron chi connectivity index (χ2n) is 6.81. The fourth-order valence-electron chi connectivity index (χ4n) is 4.10. The second kappa shape index (κ2) is 5.92. The van der Waals surface area contributed by atoms with E-state index in [1.165, 1.54) is 17.2 Å². The molecule has 126 valence electrons. The smallest absolute Gasteiger partial charge is 0.294 e. The van der Waals surface area contributed by atoms with Crippen molar-refractivity contribution in [2.75, 3.05) is 6.54 Å². The molecule has 0 fully saturated rings. The Bertz CT molecular complexity index is 764. The molecule has 4 heteroatoms. The van der Waals surface area contributed by atoms with Crippen molar-refractivity contribution >= 4 is 0 Å². The third-order valence-electron chi connectivity index (χ3n) is 5.30. The van der Waals surface area contributed by atoms with Crippen LogP contribution in [-0.4, -0.2) is 11.4 Å². The van der Waals surface area contributed by atoms with Crippen molar-refractivity contribution in [3.05, 3.63) is 69.8 Å². The van der Waals surface area contributed by atoms with Gasteiger partial charge in [0.05, 0.1) is 5.56 Å². The number of aryl methyl sites for hydroxylation is 1. The van der Waals surface area contributed by atoms with E-state index in [1.807, 2.05) is 12.1 Å². The van der Waals surface area contributed by atoms with E-state index >= 15 is 0 Å². The van der Waals surface area contributed by atoms with Gasteiger partial charge in [0, 0.05) is 19.6 Å². The van der Waals surface area contributed by atoms with Crippen molar-refractivity contribution < 1.29 is 13.2 Å². The van der Waals surface area contributed by atoms with E-state index in [-0.39, 0.29) is 0 Å². The molecule has 1 heterocycles. The Labute approximate surface area is 140 Å². The second-order valence-corrected chi connectivity index (χ2v) is 6.81. The van der Waals surface area contributed by atoms with E-state index in [9.17, 15) is 13.2 Å². The van der Waals surface area contributed by atoms with Crippen LogP contribution in [0.1, 0.15) is 39.8 Å². The molecule has 0 unspecified atom stereocenters. The quantitative estimate of drug-likeness (QED) is 0.767. The molecule has 0 saturated carbocycles. The Morgan fingerprint density at radius 1 is 0.875 bits per heavy atom. The number of hydrogen-bond acceptors (Lipinski definition) is 1. The SMILES string of the molecule is FC(F)(F)c1ccc2c(c1CN1CCc3ccccc3C1)CCC2. The van der Waals surface area contributed by atoms with Gasteiger partial charge in [0.2, 0.25) is 0 Å². The van der Waals surface area contributed by atoms with Crippen LogP contribution in [0.4, 0.5) is 13.2 Å². The summed E-state index contributed by atoms with van der Waals surface area (Å²) >= 11 is 0. The zero-order chi connectivity index (χ0) is 16.7. The van der Waals surface area contributed by atoms with Crippen LogP contribution in [-0.2, 0) is 38.5 Å². The van der Waals surface area contributed by atoms with Crippen LogP contribution in [0.5, 0.6) is 0 Å². The van der Waals surface area contributed by atoms with Gasteiger partial charge in [-0.05, 0) is 59.6 Å². The van der Waals surface area contributed by atoms with Gasteiger partial charge in [0.15, 0.2) is 0 Å². The van der Waals surface area contributed by atoms with E-state index < -0.39 is 11.7 Å². The predicted molar refractivity (Wildman–Crippen MR) is 87.7 cm³/mol. The summed E-state index contributed by atoms with van der Waals surface area (Å²) in [6.07, 6.45) is -0.720. The molecule has 0 atom stereocenters. The Morgan fingerprint density at radius 2 is 1.67 bits per heavy atom. The van der Waals surface area contributed by atoms with E-state index in [2.05, 4.69) is 17.0 Å². The van der Waals surface area contributed by atoms with Crippen molar-refractivity contribution in [3.63, 3.8) is 0 Å². The first-order chi connectivity index (χ1) is 11.5. The Morgan fingerprint density at radius 3 is 2.46 bits per heavy atom. The molecule has 0 radical (unpaired) electrons. The third kappa shape index (κ3) is 2.84. The Kier molecular flexibility index (Phi) is 3.87. The van der Waals surface area contributed by atoms with E-state index in [0.717, 1.165) is 49.9 Å². The molecule has 2 aromatic rings. The average molecular weight is 331 g/mol. The number of benzene rings is 2. The molecule has 24 heavy (non-hydrogen) atoms. The van der Waals surface area contributed by atoms with Crippen molar-refractivity contribution in [2.24, 2.45) is 0 Å². The third-order valence-corrected chi connectivity index (χ3v) is 5.30. The van der Waals surface area contributed by atoms with Gasteiger partial charge in [-0.2, -0.15) is 13.2 Å². The first-order valence-corrected chi connectivity index (χ1v) is 8.52. The summed E-state index contributed by atoms with van der Waals surface area (Å²) in [6, 6.07) is 11.2. The summed E-state index contributed by atoms with van der Waals surface area (Å²) in [5, 5.41) is 0. The van der Waals surface area contributed by atoms with Crippen LogP contribution in [0.15, 0.2) is 36.4 Å². The highest BCUT2D eigenvalue weighted by Crippen LogP contribution is 2.38. The molecule has 0 aromatic heterocycles. The van der Waals surface area contributed by atoms with Crippen LogP contribution in [0.25, 0.3) is 0 Å². The van der Waals surface area contributed by atoms with Crippen LogP contribution in [0.3, 0.4) is 0 Å². The molecular formula is C20H20F3N. The van der Waals surface area contributed by atoms with Crippen LogP contribution in [0.2, 0.25) is 0 Å². The maximum absolute atomic E-state index is 13.5. The number of fused-ring (bicyclic) bond motifs is 2. The maximum Gasteiger partial charge on any atom is 0.416 e. The van der Waals surface area contributed by atoms with Gasteiger partial charge >= 0.3 is 6.18 Å². The van der Waals surface area contributed by atoms with Gasteiger partial charge in [-0.3, -0.25) is 4.90 Å². The lowest BCUT2D eigenvalue weighted by atomic mass is 9.94. The molecule has 1 aliphatic heterocycles. The van der Waals surface area contributed by atoms with E-state index in [4.69, 9.17) is 0 Å². The molecule has 0 saturated heterocycles. The first kappa shape index (κ1) is 15.7.